The van der Waals surface area contributed by atoms with Crippen LogP contribution >= 0.6 is 24.0 Å². The van der Waals surface area contributed by atoms with Crippen molar-refractivity contribution in [2.45, 2.75) is 13.3 Å². The van der Waals surface area contributed by atoms with E-state index < -0.39 is 0 Å². The molecule has 2 aromatic rings. The largest absolute Gasteiger partial charge is 0.496 e. The number of carbonyl (C=O) groups is 1. The summed E-state index contributed by atoms with van der Waals surface area (Å²) in [5, 5.41) is 0. The second-order valence-corrected chi connectivity index (χ2v) is 6.92. The normalized spacial score (nSPS) is 16.1. The van der Waals surface area contributed by atoms with Gasteiger partial charge in [-0.15, -0.1) is 0 Å². The van der Waals surface area contributed by atoms with E-state index in [1.165, 1.54) is 11.8 Å². The highest BCUT2D eigenvalue weighted by molar-refractivity contribution is 8.27. The average Bonchev–Trinajstić information content (AvgIpc) is 2.89. The lowest BCUT2D eigenvalue weighted by Gasteiger charge is -2.18. The van der Waals surface area contributed by atoms with Gasteiger partial charge >= 0.3 is 0 Å². The van der Waals surface area contributed by atoms with Gasteiger partial charge in [0.2, 0.25) is 0 Å². The van der Waals surface area contributed by atoms with Gasteiger partial charge in [-0.3, -0.25) is 9.69 Å². The first-order chi connectivity index (χ1) is 11.7. The van der Waals surface area contributed by atoms with Gasteiger partial charge in [0.1, 0.15) is 5.75 Å². The molecule has 1 heterocycles. The fourth-order valence-corrected chi connectivity index (χ4v) is 3.91. The second kappa shape index (κ2) is 7.20. The highest BCUT2D eigenvalue weighted by atomic mass is 32.2. The SMILES string of the molecule is CCc1ccccc1N1C(=O)/C(=C/c2ccccc2OC)SC1=S. The summed E-state index contributed by atoms with van der Waals surface area (Å²) in [5.41, 5.74) is 2.84. The Kier molecular flexibility index (Phi) is 5.02. The van der Waals surface area contributed by atoms with Crippen molar-refractivity contribution in [1.82, 2.24) is 0 Å². The molecule has 0 aromatic heterocycles. The lowest BCUT2D eigenvalue weighted by atomic mass is 10.1. The maximum Gasteiger partial charge on any atom is 0.270 e. The minimum atomic E-state index is -0.0863. The Morgan fingerprint density at radius 3 is 2.62 bits per heavy atom. The Balaban J connectivity index is 1.99. The van der Waals surface area contributed by atoms with Gasteiger partial charge in [-0.25, -0.2) is 0 Å². The molecule has 0 saturated carbocycles. The Bertz CT molecular complexity index is 830. The molecule has 1 saturated heterocycles. The van der Waals surface area contributed by atoms with Crippen LogP contribution in [0, 0.1) is 0 Å². The third kappa shape index (κ3) is 3.09. The van der Waals surface area contributed by atoms with Crippen LogP contribution in [0.2, 0.25) is 0 Å². The molecule has 1 amide bonds. The fourth-order valence-electron chi connectivity index (χ4n) is 2.63. The predicted octanol–water partition coefficient (Wildman–Crippen LogP) is 4.66. The molecule has 0 radical (unpaired) electrons. The molecule has 5 heteroatoms. The summed E-state index contributed by atoms with van der Waals surface area (Å²) in [6.07, 6.45) is 2.69. The molecule has 1 fully saturated rings. The monoisotopic (exact) mass is 355 g/mol. The molecular formula is C19H17NO2S2. The molecule has 2 aromatic carbocycles. The van der Waals surface area contributed by atoms with E-state index in [4.69, 9.17) is 17.0 Å². The molecular weight excluding hydrogens is 338 g/mol. The van der Waals surface area contributed by atoms with Crippen molar-refractivity contribution in [2.24, 2.45) is 0 Å². The van der Waals surface area contributed by atoms with Gasteiger partial charge in [0.15, 0.2) is 4.32 Å². The van der Waals surface area contributed by atoms with E-state index in [-0.39, 0.29) is 5.91 Å². The number of aryl methyl sites for hydroxylation is 1. The van der Waals surface area contributed by atoms with Gasteiger partial charge in [-0.2, -0.15) is 0 Å². The van der Waals surface area contributed by atoms with Crippen molar-refractivity contribution in [3.8, 4) is 5.75 Å². The van der Waals surface area contributed by atoms with Crippen molar-refractivity contribution in [3.63, 3.8) is 0 Å². The number of hydrogen-bond donors (Lipinski definition) is 0. The van der Waals surface area contributed by atoms with Crippen molar-refractivity contribution < 1.29 is 9.53 Å². The minimum absolute atomic E-state index is 0.0863. The summed E-state index contributed by atoms with van der Waals surface area (Å²) in [5.74, 6) is 0.647. The predicted molar refractivity (Wildman–Crippen MR) is 104 cm³/mol. The average molecular weight is 355 g/mol. The molecule has 1 aliphatic heterocycles. The quantitative estimate of drug-likeness (QED) is 0.589. The zero-order valence-corrected chi connectivity index (χ0v) is 15.1. The number of amides is 1. The number of ether oxygens (including phenoxy) is 1. The molecule has 0 spiro atoms. The molecule has 0 N–H and O–H groups in total. The highest BCUT2D eigenvalue weighted by Crippen LogP contribution is 2.38. The van der Waals surface area contributed by atoms with Crippen LogP contribution in [0.1, 0.15) is 18.1 Å². The van der Waals surface area contributed by atoms with Gasteiger partial charge in [0.05, 0.1) is 17.7 Å². The maximum atomic E-state index is 12.9. The van der Waals surface area contributed by atoms with Gasteiger partial charge in [-0.1, -0.05) is 67.3 Å². The molecule has 0 aliphatic carbocycles. The smallest absolute Gasteiger partial charge is 0.270 e. The first-order valence-corrected chi connectivity index (χ1v) is 8.87. The van der Waals surface area contributed by atoms with Gasteiger partial charge in [0, 0.05) is 5.56 Å². The van der Waals surface area contributed by atoms with Crippen molar-refractivity contribution in [2.75, 3.05) is 12.0 Å². The summed E-state index contributed by atoms with van der Waals surface area (Å²) < 4.78 is 5.91. The fraction of sp³-hybridized carbons (Fsp3) is 0.158. The maximum absolute atomic E-state index is 12.9. The summed E-state index contributed by atoms with van der Waals surface area (Å²) in [6, 6.07) is 15.5. The zero-order chi connectivity index (χ0) is 17.1. The Morgan fingerprint density at radius 2 is 1.88 bits per heavy atom. The number of hydrogen-bond acceptors (Lipinski definition) is 4. The van der Waals surface area contributed by atoms with E-state index >= 15 is 0 Å². The number of nitrogens with zero attached hydrogens (tertiary/aromatic N) is 1. The number of anilines is 1. The molecule has 0 atom stereocenters. The van der Waals surface area contributed by atoms with E-state index in [0.717, 1.165) is 29.0 Å². The van der Waals surface area contributed by atoms with Crippen LogP contribution in [0.3, 0.4) is 0 Å². The number of thiocarbonyl (C=S) groups is 1. The van der Waals surface area contributed by atoms with Crippen LogP contribution in [0.15, 0.2) is 53.4 Å². The molecule has 3 nitrogen and oxygen atoms in total. The van der Waals surface area contributed by atoms with Crippen LogP contribution in [0.4, 0.5) is 5.69 Å². The van der Waals surface area contributed by atoms with E-state index in [1.807, 2.05) is 54.6 Å². The Hall–Kier alpha value is -2.11. The molecule has 1 aliphatic rings. The standard InChI is InChI=1S/C19H17NO2S2/c1-3-13-8-4-6-10-15(13)20-18(21)17(24-19(20)23)12-14-9-5-7-11-16(14)22-2/h4-12H,3H2,1-2H3/b17-12-. The molecule has 122 valence electrons. The van der Waals surface area contributed by atoms with Crippen LogP contribution < -0.4 is 9.64 Å². The van der Waals surface area contributed by atoms with Gasteiger partial charge in [0.25, 0.3) is 5.91 Å². The molecule has 0 unspecified atom stereocenters. The number of thioether (sulfide) groups is 1. The Morgan fingerprint density at radius 1 is 1.17 bits per heavy atom. The Labute approximate surface area is 151 Å². The van der Waals surface area contributed by atoms with E-state index in [2.05, 4.69) is 6.92 Å². The van der Waals surface area contributed by atoms with E-state index in [9.17, 15) is 4.79 Å². The van der Waals surface area contributed by atoms with Crippen LogP contribution in [0.5, 0.6) is 5.75 Å². The number of rotatable bonds is 4. The third-order valence-electron chi connectivity index (χ3n) is 3.83. The first kappa shape index (κ1) is 16.7. The minimum Gasteiger partial charge on any atom is -0.496 e. The summed E-state index contributed by atoms with van der Waals surface area (Å²) in [6.45, 7) is 2.07. The van der Waals surface area contributed by atoms with E-state index in [1.54, 1.807) is 12.0 Å². The van der Waals surface area contributed by atoms with Crippen molar-refractivity contribution >= 4 is 46.0 Å². The number of methoxy groups -OCH3 is 1. The molecule has 0 bridgehead atoms. The number of benzene rings is 2. The van der Waals surface area contributed by atoms with Gasteiger partial charge in [-0.05, 0) is 30.2 Å². The molecule has 24 heavy (non-hydrogen) atoms. The first-order valence-electron chi connectivity index (χ1n) is 7.64. The van der Waals surface area contributed by atoms with Crippen molar-refractivity contribution in [1.29, 1.82) is 0 Å². The summed E-state index contributed by atoms with van der Waals surface area (Å²) in [4.78, 5) is 15.1. The third-order valence-corrected chi connectivity index (χ3v) is 5.13. The van der Waals surface area contributed by atoms with Crippen LogP contribution in [-0.2, 0) is 11.2 Å². The van der Waals surface area contributed by atoms with Gasteiger partial charge < -0.3 is 4.74 Å². The summed E-state index contributed by atoms with van der Waals surface area (Å²) >= 11 is 6.78. The number of carbonyl (C=O) groups excluding carboxylic acids is 1. The topological polar surface area (TPSA) is 29.5 Å². The lowest BCUT2D eigenvalue weighted by Crippen LogP contribution is -2.28. The highest BCUT2D eigenvalue weighted by Gasteiger charge is 2.34. The second-order valence-electron chi connectivity index (χ2n) is 5.24. The van der Waals surface area contributed by atoms with Crippen LogP contribution in [0.25, 0.3) is 6.08 Å². The number of para-hydroxylation sites is 2. The zero-order valence-electron chi connectivity index (χ0n) is 13.5. The summed E-state index contributed by atoms with van der Waals surface area (Å²) in [7, 11) is 1.62. The van der Waals surface area contributed by atoms with Crippen LogP contribution in [-0.4, -0.2) is 17.3 Å². The lowest BCUT2D eigenvalue weighted by molar-refractivity contribution is -0.113. The van der Waals surface area contributed by atoms with E-state index in [0.29, 0.717) is 9.23 Å². The molecule has 3 rings (SSSR count). The van der Waals surface area contributed by atoms with Crippen molar-refractivity contribution in [3.05, 3.63) is 64.6 Å².